The predicted octanol–water partition coefficient (Wildman–Crippen LogP) is 1.08. The summed E-state index contributed by atoms with van der Waals surface area (Å²) in [6.07, 6.45) is 1.57. The molecule has 1 aromatic rings. The molecule has 0 aromatic carbocycles. The summed E-state index contributed by atoms with van der Waals surface area (Å²) in [5.41, 5.74) is 1.13. The molecule has 0 aliphatic carbocycles. The standard InChI is InChI=1S/C14H21N3O4/c1-3-17(4-2)14(20)12-9-11(5-6-16-12)15-7-8-21-10-13(18)19/h5-6,9H,3-4,7-8,10H2,1-2H3,(H,15,16)(H,18,19). The monoisotopic (exact) mass is 295 g/mol. The molecule has 1 amide bonds. The van der Waals surface area contributed by atoms with Crippen molar-refractivity contribution in [2.75, 3.05) is 38.2 Å². The highest BCUT2D eigenvalue weighted by Crippen LogP contribution is 2.10. The zero-order valence-electron chi connectivity index (χ0n) is 12.3. The summed E-state index contributed by atoms with van der Waals surface area (Å²) >= 11 is 0. The SMILES string of the molecule is CCN(CC)C(=O)c1cc(NCCOCC(=O)O)ccn1. The first-order valence-electron chi connectivity index (χ1n) is 6.87. The van der Waals surface area contributed by atoms with E-state index in [-0.39, 0.29) is 19.1 Å². The summed E-state index contributed by atoms with van der Waals surface area (Å²) < 4.78 is 4.91. The number of hydrogen-bond donors (Lipinski definition) is 2. The molecule has 1 rings (SSSR count). The second-order valence-corrected chi connectivity index (χ2v) is 4.28. The van der Waals surface area contributed by atoms with Crippen molar-refractivity contribution in [3.05, 3.63) is 24.0 Å². The van der Waals surface area contributed by atoms with Crippen molar-refractivity contribution in [3.63, 3.8) is 0 Å². The average Bonchev–Trinajstić information content (AvgIpc) is 2.48. The maximum absolute atomic E-state index is 12.2. The fourth-order valence-electron chi connectivity index (χ4n) is 1.76. The molecule has 0 bridgehead atoms. The highest BCUT2D eigenvalue weighted by atomic mass is 16.5. The van der Waals surface area contributed by atoms with Crippen LogP contribution in [-0.2, 0) is 9.53 Å². The first kappa shape index (κ1) is 16.9. The molecule has 2 N–H and O–H groups in total. The number of anilines is 1. The van der Waals surface area contributed by atoms with Crippen molar-refractivity contribution >= 4 is 17.6 Å². The molecule has 0 unspecified atom stereocenters. The van der Waals surface area contributed by atoms with Crippen molar-refractivity contribution in [1.29, 1.82) is 0 Å². The molecule has 0 spiro atoms. The molecule has 0 aliphatic heterocycles. The van der Waals surface area contributed by atoms with Gasteiger partial charge in [0, 0.05) is 31.5 Å². The highest BCUT2D eigenvalue weighted by molar-refractivity contribution is 5.93. The minimum Gasteiger partial charge on any atom is -0.480 e. The molecule has 7 heteroatoms. The summed E-state index contributed by atoms with van der Waals surface area (Å²) in [4.78, 5) is 28.2. The topological polar surface area (TPSA) is 91.8 Å². The van der Waals surface area contributed by atoms with Gasteiger partial charge >= 0.3 is 5.97 Å². The van der Waals surface area contributed by atoms with Crippen LogP contribution in [-0.4, -0.2) is 59.7 Å². The van der Waals surface area contributed by atoms with Crippen LogP contribution < -0.4 is 5.32 Å². The number of rotatable bonds is 9. The van der Waals surface area contributed by atoms with Crippen LogP contribution in [0.25, 0.3) is 0 Å². The van der Waals surface area contributed by atoms with E-state index in [0.29, 0.717) is 25.3 Å². The van der Waals surface area contributed by atoms with E-state index in [0.717, 1.165) is 5.69 Å². The van der Waals surface area contributed by atoms with Crippen LogP contribution in [0.15, 0.2) is 18.3 Å². The minimum absolute atomic E-state index is 0.106. The number of hydrogen-bond acceptors (Lipinski definition) is 5. The Hall–Kier alpha value is -2.15. The van der Waals surface area contributed by atoms with Crippen LogP contribution in [0.3, 0.4) is 0 Å². The first-order valence-corrected chi connectivity index (χ1v) is 6.87. The molecule has 0 aliphatic rings. The summed E-state index contributed by atoms with van der Waals surface area (Å²) in [5, 5.41) is 11.5. The van der Waals surface area contributed by atoms with Crippen molar-refractivity contribution in [2.24, 2.45) is 0 Å². The number of carboxylic acids is 1. The van der Waals surface area contributed by atoms with Crippen LogP contribution in [0, 0.1) is 0 Å². The van der Waals surface area contributed by atoms with Gasteiger partial charge in [-0.3, -0.25) is 9.78 Å². The van der Waals surface area contributed by atoms with Crippen molar-refractivity contribution in [1.82, 2.24) is 9.88 Å². The van der Waals surface area contributed by atoms with Gasteiger partial charge in [-0.05, 0) is 26.0 Å². The van der Waals surface area contributed by atoms with E-state index in [1.54, 1.807) is 23.2 Å². The Morgan fingerprint density at radius 3 is 2.71 bits per heavy atom. The molecule has 0 radical (unpaired) electrons. The van der Waals surface area contributed by atoms with Gasteiger partial charge in [0.2, 0.25) is 0 Å². The first-order chi connectivity index (χ1) is 10.1. The van der Waals surface area contributed by atoms with Gasteiger partial charge < -0.3 is 20.1 Å². The normalized spacial score (nSPS) is 10.2. The maximum atomic E-state index is 12.2. The third-order valence-electron chi connectivity index (χ3n) is 2.83. The molecule has 0 atom stereocenters. The van der Waals surface area contributed by atoms with Gasteiger partial charge in [0.15, 0.2) is 0 Å². The molecule has 7 nitrogen and oxygen atoms in total. The highest BCUT2D eigenvalue weighted by Gasteiger charge is 2.13. The van der Waals surface area contributed by atoms with E-state index < -0.39 is 5.97 Å². The second kappa shape index (κ2) is 8.91. The summed E-state index contributed by atoms with van der Waals surface area (Å²) in [6.45, 7) is 5.52. The van der Waals surface area contributed by atoms with Crippen molar-refractivity contribution < 1.29 is 19.4 Å². The predicted molar refractivity (Wildman–Crippen MR) is 78.4 cm³/mol. The molecule has 0 saturated heterocycles. The van der Waals surface area contributed by atoms with E-state index >= 15 is 0 Å². The Labute approximate surface area is 123 Å². The largest absolute Gasteiger partial charge is 0.480 e. The number of nitrogens with one attached hydrogen (secondary N) is 1. The molecule has 116 valence electrons. The van der Waals surface area contributed by atoms with Gasteiger partial charge in [0.05, 0.1) is 6.61 Å². The van der Waals surface area contributed by atoms with E-state index in [9.17, 15) is 9.59 Å². The van der Waals surface area contributed by atoms with Crippen LogP contribution >= 0.6 is 0 Å². The Balaban J connectivity index is 2.52. The molecule has 1 heterocycles. The second-order valence-electron chi connectivity index (χ2n) is 4.28. The van der Waals surface area contributed by atoms with Gasteiger partial charge in [0.25, 0.3) is 5.91 Å². The van der Waals surface area contributed by atoms with Gasteiger partial charge in [0.1, 0.15) is 12.3 Å². The van der Waals surface area contributed by atoms with Gasteiger partial charge in [-0.1, -0.05) is 0 Å². The number of carboxylic acid groups (broad SMARTS) is 1. The molecule has 21 heavy (non-hydrogen) atoms. The number of pyridine rings is 1. The third-order valence-corrected chi connectivity index (χ3v) is 2.83. The van der Waals surface area contributed by atoms with E-state index in [1.807, 2.05) is 13.8 Å². The number of amides is 1. The number of carbonyl (C=O) groups excluding carboxylic acids is 1. The lowest BCUT2D eigenvalue weighted by Crippen LogP contribution is -2.31. The fraction of sp³-hybridized carbons (Fsp3) is 0.500. The van der Waals surface area contributed by atoms with Gasteiger partial charge in [-0.25, -0.2) is 4.79 Å². The van der Waals surface area contributed by atoms with Crippen molar-refractivity contribution in [2.45, 2.75) is 13.8 Å². The van der Waals surface area contributed by atoms with Gasteiger partial charge in [-0.15, -0.1) is 0 Å². The number of ether oxygens (including phenoxy) is 1. The molecule has 1 aromatic heterocycles. The van der Waals surface area contributed by atoms with E-state index in [1.165, 1.54) is 0 Å². The van der Waals surface area contributed by atoms with Gasteiger partial charge in [-0.2, -0.15) is 0 Å². The van der Waals surface area contributed by atoms with Crippen LogP contribution in [0.4, 0.5) is 5.69 Å². The van der Waals surface area contributed by atoms with Crippen LogP contribution in [0.2, 0.25) is 0 Å². The lowest BCUT2D eigenvalue weighted by molar-refractivity contribution is -0.142. The summed E-state index contributed by atoms with van der Waals surface area (Å²) in [5.74, 6) is -1.10. The maximum Gasteiger partial charge on any atom is 0.329 e. The van der Waals surface area contributed by atoms with E-state index in [4.69, 9.17) is 9.84 Å². The zero-order valence-corrected chi connectivity index (χ0v) is 12.3. The molecular weight excluding hydrogens is 274 g/mol. The Bertz CT molecular complexity index is 475. The lowest BCUT2D eigenvalue weighted by atomic mass is 10.2. The molecule has 0 saturated carbocycles. The smallest absolute Gasteiger partial charge is 0.329 e. The molecule has 0 fully saturated rings. The fourth-order valence-corrected chi connectivity index (χ4v) is 1.76. The Morgan fingerprint density at radius 1 is 1.38 bits per heavy atom. The third kappa shape index (κ3) is 5.78. The average molecular weight is 295 g/mol. The zero-order chi connectivity index (χ0) is 15.7. The number of nitrogens with zero attached hydrogens (tertiary/aromatic N) is 2. The summed E-state index contributed by atoms with van der Waals surface area (Å²) in [7, 11) is 0. The number of aliphatic carboxylic acids is 1. The quantitative estimate of drug-likeness (QED) is 0.662. The summed E-state index contributed by atoms with van der Waals surface area (Å²) in [6, 6.07) is 3.42. The minimum atomic E-state index is -0.994. The Morgan fingerprint density at radius 2 is 2.10 bits per heavy atom. The Kier molecular flexibility index (Phi) is 7.17. The number of carbonyl (C=O) groups is 2. The van der Waals surface area contributed by atoms with Crippen molar-refractivity contribution in [3.8, 4) is 0 Å². The van der Waals surface area contributed by atoms with Crippen LogP contribution in [0.5, 0.6) is 0 Å². The molecular formula is C14H21N3O4. The lowest BCUT2D eigenvalue weighted by Gasteiger charge is -2.18. The van der Waals surface area contributed by atoms with E-state index in [2.05, 4.69) is 10.3 Å². The number of aromatic nitrogens is 1. The van der Waals surface area contributed by atoms with Crippen LogP contribution in [0.1, 0.15) is 24.3 Å².